The van der Waals surface area contributed by atoms with E-state index in [0.29, 0.717) is 24.0 Å². The zero-order valence-electron chi connectivity index (χ0n) is 12.8. The van der Waals surface area contributed by atoms with Crippen LogP contribution in [0.15, 0.2) is 28.8 Å². The van der Waals surface area contributed by atoms with Crippen LogP contribution in [-0.2, 0) is 4.79 Å². The monoisotopic (exact) mass is 301 g/mol. The number of benzene rings is 1. The largest absolute Gasteiger partial charge is 0.484 e. The maximum absolute atomic E-state index is 12.4. The second-order valence-electron chi connectivity index (χ2n) is 5.53. The van der Waals surface area contributed by atoms with Crippen molar-refractivity contribution in [2.45, 2.75) is 32.7 Å². The number of hydrogen-bond donors (Lipinski definition) is 0. The van der Waals surface area contributed by atoms with Crippen molar-refractivity contribution < 1.29 is 14.1 Å². The molecule has 1 aliphatic heterocycles. The molecule has 1 saturated heterocycles. The van der Waals surface area contributed by atoms with Crippen molar-refractivity contribution in [2.24, 2.45) is 0 Å². The summed E-state index contributed by atoms with van der Waals surface area (Å²) in [6, 6.07) is 7.52. The van der Waals surface area contributed by atoms with E-state index in [2.05, 4.69) is 10.1 Å². The minimum atomic E-state index is -0.129. The molecule has 1 atom stereocenters. The molecule has 0 radical (unpaired) electrons. The first-order valence-electron chi connectivity index (χ1n) is 7.42. The van der Waals surface area contributed by atoms with Gasteiger partial charge in [-0.3, -0.25) is 4.79 Å². The lowest BCUT2D eigenvalue weighted by Gasteiger charge is -2.21. The van der Waals surface area contributed by atoms with Gasteiger partial charge in [0.05, 0.1) is 0 Å². The Bertz CT molecular complexity index is 651. The predicted molar refractivity (Wildman–Crippen MR) is 79.4 cm³/mol. The highest BCUT2D eigenvalue weighted by Gasteiger charge is 2.33. The Morgan fingerprint density at radius 2 is 2.14 bits per heavy atom. The highest BCUT2D eigenvalue weighted by Crippen LogP contribution is 2.30. The lowest BCUT2D eigenvalue weighted by Crippen LogP contribution is -2.34. The Morgan fingerprint density at radius 1 is 1.36 bits per heavy atom. The second-order valence-corrected chi connectivity index (χ2v) is 5.53. The molecule has 0 N–H and O–H groups in total. The Hall–Kier alpha value is -2.37. The zero-order valence-corrected chi connectivity index (χ0v) is 12.8. The molecule has 1 fully saturated rings. The Kier molecular flexibility index (Phi) is 4.09. The lowest BCUT2D eigenvalue weighted by atomic mass is 10.2. The molecular formula is C16H19N3O3. The summed E-state index contributed by atoms with van der Waals surface area (Å²) in [4.78, 5) is 18.4. The van der Waals surface area contributed by atoms with E-state index in [1.165, 1.54) is 0 Å². The minimum Gasteiger partial charge on any atom is -0.484 e. The third-order valence-electron chi connectivity index (χ3n) is 3.78. The molecule has 22 heavy (non-hydrogen) atoms. The molecule has 2 aromatic rings. The first-order chi connectivity index (χ1) is 10.6. The fraction of sp³-hybridized carbons (Fsp3) is 0.438. The quantitative estimate of drug-likeness (QED) is 0.867. The number of likely N-dealkylation sites (tertiary alicyclic amines) is 1. The number of carbonyl (C=O) groups is 1. The molecule has 1 amide bonds. The number of amides is 1. The van der Waals surface area contributed by atoms with E-state index < -0.39 is 0 Å². The van der Waals surface area contributed by atoms with Crippen LogP contribution >= 0.6 is 0 Å². The normalized spacial score (nSPS) is 17.7. The number of aryl methyl sites for hydroxylation is 2. The van der Waals surface area contributed by atoms with E-state index in [-0.39, 0.29) is 18.6 Å². The molecule has 0 bridgehead atoms. The molecule has 0 saturated carbocycles. The molecule has 1 aliphatic rings. The van der Waals surface area contributed by atoms with Crippen LogP contribution in [0, 0.1) is 13.8 Å². The van der Waals surface area contributed by atoms with Crippen LogP contribution in [-0.4, -0.2) is 34.1 Å². The van der Waals surface area contributed by atoms with Crippen LogP contribution in [0.3, 0.4) is 0 Å². The Morgan fingerprint density at radius 3 is 2.82 bits per heavy atom. The highest BCUT2D eigenvalue weighted by atomic mass is 16.5. The van der Waals surface area contributed by atoms with Gasteiger partial charge in [-0.15, -0.1) is 0 Å². The first kappa shape index (κ1) is 14.6. The van der Waals surface area contributed by atoms with Gasteiger partial charge in [-0.2, -0.15) is 4.98 Å². The average molecular weight is 301 g/mol. The van der Waals surface area contributed by atoms with E-state index in [4.69, 9.17) is 9.26 Å². The van der Waals surface area contributed by atoms with Crippen LogP contribution in [0.25, 0.3) is 0 Å². The molecule has 0 aliphatic carbocycles. The maximum Gasteiger partial charge on any atom is 0.261 e. The molecular weight excluding hydrogens is 282 g/mol. The van der Waals surface area contributed by atoms with E-state index in [1.54, 1.807) is 11.8 Å². The smallest absolute Gasteiger partial charge is 0.261 e. The summed E-state index contributed by atoms with van der Waals surface area (Å²) in [5.41, 5.74) is 1.16. The molecule has 3 rings (SSSR count). The van der Waals surface area contributed by atoms with Gasteiger partial charge >= 0.3 is 0 Å². The van der Waals surface area contributed by atoms with Crippen molar-refractivity contribution in [3.8, 4) is 5.75 Å². The molecule has 0 spiro atoms. The standard InChI is InChI=1S/C16H19N3O3/c1-11-5-7-13(8-6-11)21-10-15(20)19-9-3-4-14(19)16-17-12(2)18-22-16/h5-8,14H,3-4,9-10H2,1-2H3. The van der Waals surface area contributed by atoms with Crippen LogP contribution < -0.4 is 4.74 Å². The highest BCUT2D eigenvalue weighted by molar-refractivity contribution is 5.78. The van der Waals surface area contributed by atoms with Crippen LogP contribution in [0.4, 0.5) is 0 Å². The summed E-state index contributed by atoms with van der Waals surface area (Å²) in [7, 11) is 0. The zero-order chi connectivity index (χ0) is 15.5. The summed E-state index contributed by atoms with van der Waals surface area (Å²) in [5.74, 6) is 1.74. The predicted octanol–water partition coefficient (Wildman–Crippen LogP) is 2.43. The van der Waals surface area contributed by atoms with Gasteiger partial charge in [0.2, 0.25) is 5.89 Å². The molecule has 6 heteroatoms. The molecule has 1 unspecified atom stereocenters. The number of hydrogen-bond acceptors (Lipinski definition) is 5. The van der Waals surface area contributed by atoms with Gasteiger partial charge in [-0.05, 0) is 38.8 Å². The van der Waals surface area contributed by atoms with Crippen molar-refractivity contribution in [1.29, 1.82) is 0 Å². The SMILES string of the molecule is Cc1ccc(OCC(=O)N2CCCC2c2nc(C)no2)cc1. The fourth-order valence-corrected chi connectivity index (χ4v) is 2.63. The van der Waals surface area contributed by atoms with Gasteiger partial charge in [0.15, 0.2) is 12.4 Å². The van der Waals surface area contributed by atoms with Gasteiger partial charge in [0.1, 0.15) is 11.8 Å². The van der Waals surface area contributed by atoms with Crippen molar-refractivity contribution in [3.63, 3.8) is 0 Å². The topological polar surface area (TPSA) is 68.5 Å². The average Bonchev–Trinajstić information content (AvgIpc) is 3.14. The lowest BCUT2D eigenvalue weighted by molar-refractivity contribution is -0.134. The molecule has 2 heterocycles. The number of nitrogens with zero attached hydrogens (tertiary/aromatic N) is 3. The Labute approximate surface area is 129 Å². The summed E-state index contributed by atoms with van der Waals surface area (Å²) in [6.45, 7) is 4.50. The molecule has 1 aromatic carbocycles. The summed E-state index contributed by atoms with van der Waals surface area (Å²) in [6.07, 6.45) is 1.78. The first-order valence-corrected chi connectivity index (χ1v) is 7.42. The van der Waals surface area contributed by atoms with Gasteiger partial charge in [0.25, 0.3) is 5.91 Å². The minimum absolute atomic E-state index is 0.0205. The van der Waals surface area contributed by atoms with Crippen molar-refractivity contribution in [1.82, 2.24) is 15.0 Å². The molecule has 1 aromatic heterocycles. The van der Waals surface area contributed by atoms with Gasteiger partial charge in [-0.1, -0.05) is 22.9 Å². The Balaban J connectivity index is 1.62. The van der Waals surface area contributed by atoms with E-state index >= 15 is 0 Å². The van der Waals surface area contributed by atoms with Crippen molar-refractivity contribution in [2.75, 3.05) is 13.2 Å². The number of aromatic nitrogens is 2. The number of rotatable bonds is 4. The molecule has 116 valence electrons. The summed E-state index contributed by atoms with van der Waals surface area (Å²) in [5, 5.41) is 3.80. The second kappa shape index (κ2) is 6.17. The summed E-state index contributed by atoms with van der Waals surface area (Å²) < 4.78 is 10.8. The maximum atomic E-state index is 12.4. The summed E-state index contributed by atoms with van der Waals surface area (Å²) >= 11 is 0. The van der Waals surface area contributed by atoms with Gasteiger partial charge in [0, 0.05) is 6.54 Å². The van der Waals surface area contributed by atoms with E-state index in [9.17, 15) is 4.79 Å². The van der Waals surface area contributed by atoms with E-state index in [0.717, 1.165) is 18.4 Å². The fourth-order valence-electron chi connectivity index (χ4n) is 2.63. The van der Waals surface area contributed by atoms with Crippen LogP contribution in [0.1, 0.15) is 36.2 Å². The van der Waals surface area contributed by atoms with E-state index in [1.807, 2.05) is 31.2 Å². The van der Waals surface area contributed by atoms with Crippen LogP contribution in [0.5, 0.6) is 5.75 Å². The van der Waals surface area contributed by atoms with Gasteiger partial charge < -0.3 is 14.2 Å². The number of carbonyl (C=O) groups excluding carboxylic acids is 1. The number of ether oxygens (including phenoxy) is 1. The third kappa shape index (κ3) is 3.10. The molecule has 6 nitrogen and oxygen atoms in total. The van der Waals surface area contributed by atoms with Crippen LogP contribution in [0.2, 0.25) is 0 Å². The third-order valence-corrected chi connectivity index (χ3v) is 3.78. The van der Waals surface area contributed by atoms with Crippen molar-refractivity contribution in [3.05, 3.63) is 41.5 Å². The van der Waals surface area contributed by atoms with Gasteiger partial charge in [-0.25, -0.2) is 0 Å². The van der Waals surface area contributed by atoms with Crippen molar-refractivity contribution >= 4 is 5.91 Å².